The van der Waals surface area contributed by atoms with Crippen molar-refractivity contribution >= 4 is 24.9 Å². The van der Waals surface area contributed by atoms with Gasteiger partial charge in [-0.05, 0) is 19.8 Å². The molecule has 2 aliphatic rings. The molecule has 0 radical (unpaired) electrons. The van der Waals surface area contributed by atoms with E-state index in [4.69, 9.17) is 9.59 Å². The zero-order valence-electron chi connectivity index (χ0n) is 9.51. The molecule has 0 aromatic rings. The van der Waals surface area contributed by atoms with Gasteiger partial charge in [0, 0.05) is 0 Å². The van der Waals surface area contributed by atoms with Gasteiger partial charge >= 0.3 is 24.9 Å². The maximum atomic E-state index is 11.3. The maximum Gasteiger partial charge on any atom is 0.320 e. The van der Waals surface area contributed by atoms with Crippen molar-refractivity contribution in [2.75, 3.05) is 0 Å². The smallest absolute Gasteiger partial charge is 0.320 e. The molecule has 0 spiro atoms. The lowest BCUT2D eigenvalue weighted by molar-refractivity contribution is -0.155. The average Bonchev–Trinajstić information content (AvgIpc) is 2.53. The molecule has 0 bridgehead atoms. The first kappa shape index (κ1) is 13.3. The minimum Gasteiger partial charge on any atom is -0.398 e. The minimum absolute atomic E-state index is 0.0625. The maximum absolute atomic E-state index is 11.3. The first-order valence-electron chi connectivity index (χ1n) is 5.35. The van der Waals surface area contributed by atoms with Gasteiger partial charge in [-0.25, -0.2) is 0 Å². The molecule has 1 aliphatic carbocycles. The SMILES string of the molecule is CC12CCCCC1C(=O)OC2=O.O=COC=O. The third-order valence-electron chi connectivity index (χ3n) is 3.26. The van der Waals surface area contributed by atoms with E-state index in [0.29, 0.717) is 0 Å². The van der Waals surface area contributed by atoms with E-state index in [1.807, 2.05) is 6.92 Å². The minimum atomic E-state index is -0.491. The summed E-state index contributed by atoms with van der Waals surface area (Å²) in [7, 11) is 0. The van der Waals surface area contributed by atoms with Gasteiger partial charge in [0.2, 0.25) is 0 Å². The second-order valence-electron chi connectivity index (χ2n) is 4.25. The third-order valence-corrected chi connectivity index (χ3v) is 3.26. The number of hydrogen-bond donors (Lipinski definition) is 0. The van der Waals surface area contributed by atoms with E-state index in [1.165, 1.54) is 0 Å². The van der Waals surface area contributed by atoms with Crippen LogP contribution in [0.1, 0.15) is 32.6 Å². The monoisotopic (exact) mass is 242 g/mol. The van der Waals surface area contributed by atoms with Gasteiger partial charge in [-0.2, -0.15) is 0 Å². The number of rotatable bonds is 2. The second kappa shape index (κ2) is 5.56. The van der Waals surface area contributed by atoms with Gasteiger partial charge in [-0.1, -0.05) is 12.8 Å². The number of esters is 2. The predicted octanol–water partition coefficient (Wildman–Crippen LogP) is 0.582. The highest BCUT2D eigenvalue weighted by atomic mass is 16.6. The first-order chi connectivity index (χ1) is 8.06. The Morgan fingerprint density at radius 1 is 1.29 bits per heavy atom. The van der Waals surface area contributed by atoms with Crippen molar-refractivity contribution < 1.29 is 28.7 Å². The first-order valence-corrected chi connectivity index (χ1v) is 5.35. The Morgan fingerprint density at radius 2 is 1.94 bits per heavy atom. The van der Waals surface area contributed by atoms with E-state index in [9.17, 15) is 9.59 Å². The molecule has 1 aliphatic heterocycles. The van der Waals surface area contributed by atoms with Crippen LogP contribution in [0, 0.1) is 11.3 Å². The molecular weight excluding hydrogens is 228 g/mol. The molecule has 2 fully saturated rings. The Labute approximate surface area is 98.3 Å². The fourth-order valence-electron chi connectivity index (χ4n) is 2.26. The molecular formula is C11H14O6. The van der Waals surface area contributed by atoms with Crippen LogP contribution >= 0.6 is 0 Å². The summed E-state index contributed by atoms with van der Waals surface area (Å²) in [6, 6.07) is 0. The molecule has 0 aromatic heterocycles. The van der Waals surface area contributed by atoms with Crippen molar-refractivity contribution in [3.63, 3.8) is 0 Å². The summed E-state index contributed by atoms with van der Waals surface area (Å²) in [4.78, 5) is 40.4. The highest BCUT2D eigenvalue weighted by Crippen LogP contribution is 2.46. The number of hydrogen-bond acceptors (Lipinski definition) is 6. The van der Waals surface area contributed by atoms with Gasteiger partial charge < -0.3 is 9.47 Å². The van der Waals surface area contributed by atoms with Crippen LogP contribution in [0.3, 0.4) is 0 Å². The molecule has 1 saturated heterocycles. The predicted molar refractivity (Wildman–Crippen MR) is 54.4 cm³/mol. The van der Waals surface area contributed by atoms with Crippen molar-refractivity contribution in [2.45, 2.75) is 32.6 Å². The Hall–Kier alpha value is -1.72. The molecule has 6 heteroatoms. The molecule has 0 amide bonds. The number of carbonyl (C=O) groups is 4. The van der Waals surface area contributed by atoms with Crippen molar-refractivity contribution in [1.82, 2.24) is 0 Å². The van der Waals surface area contributed by atoms with Crippen LogP contribution in [-0.2, 0) is 28.7 Å². The van der Waals surface area contributed by atoms with Gasteiger partial charge in [0.15, 0.2) is 0 Å². The van der Waals surface area contributed by atoms with Crippen LogP contribution in [0.25, 0.3) is 0 Å². The lowest BCUT2D eigenvalue weighted by Gasteiger charge is -2.29. The summed E-state index contributed by atoms with van der Waals surface area (Å²) in [5.41, 5.74) is -0.491. The lowest BCUT2D eigenvalue weighted by Crippen LogP contribution is -2.33. The summed E-state index contributed by atoms with van der Waals surface area (Å²) < 4.78 is 8.11. The molecule has 2 atom stereocenters. The van der Waals surface area contributed by atoms with Crippen molar-refractivity contribution in [3.8, 4) is 0 Å². The topological polar surface area (TPSA) is 86.7 Å². The van der Waals surface area contributed by atoms with Crippen molar-refractivity contribution in [1.29, 1.82) is 0 Å². The van der Waals surface area contributed by atoms with Crippen LogP contribution in [-0.4, -0.2) is 24.9 Å². The fourth-order valence-corrected chi connectivity index (χ4v) is 2.26. The van der Waals surface area contributed by atoms with Crippen LogP contribution in [0.5, 0.6) is 0 Å². The number of cyclic esters (lactones) is 2. The van der Waals surface area contributed by atoms with Crippen LogP contribution in [0.2, 0.25) is 0 Å². The summed E-state index contributed by atoms with van der Waals surface area (Å²) in [5.74, 6) is -0.766. The number of carbonyl (C=O) groups excluding carboxylic acids is 4. The van der Waals surface area contributed by atoms with Crippen molar-refractivity contribution in [2.24, 2.45) is 11.3 Å². The van der Waals surface area contributed by atoms with E-state index in [0.717, 1.165) is 25.7 Å². The molecule has 6 nitrogen and oxygen atoms in total. The molecule has 17 heavy (non-hydrogen) atoms. The van der Waals surface area contributed by atoms with Crippen LogP contribution < -0.4 is 0 Å². The molecule has 0 N–H and O–H groups in total. The standard InChI is InChI=1S/C9H12O3.C2H2O3/c1-9-5-3-2-4-6(9)7(10)12-8(9)11;3-1-5-2-4/h6H,2-5H2,1H3;1-2H. The highest BCUT2D eigenvalue weighted by molar-refractivity contribution is 5.99. The highest BCUT2D eigenvalue weighted by Gasteiger charge is 2.54. The van der Waals surface area contributed by atoms with Crippen LogP contribution in [0.4, 0.5) is 0 Å². The zero-order valence-corrected chi connectivity index (χ0v) is 9.51. The normalized spacial score (nSPS) is 30.5. The lowest BCUT2D eigenvalue weighted by atomic mass is 9.69. The largest absolute Gasteiger partial charge is 0.398 e. The molecule has 2 unspecified atom stereocenters. The van der Waals surface area contributed by atoms with E-state index < -0.39 is 5.41 Å². The van der Waals surface area contributed by atoms with Gasteiger partial charge in [0.25, 0.3) is 0 Å². The van der Waals surface area contributed by atoms with Gasteiger partial charge in [-0.15, -0.1) is 0 Å². The van der Waals surface area contributed by atoms with Crippen LogP contribution in [0.15, 0.2) is 0 Å². The molecule has 94 valence electrons. The Morgan fingerprint density at radius 3 is 2.41 bits per heavy atom. The van der Waals surface area contributed by atoms with Gasteiger partial charge in [-0.3, -0.25) is 19.2 Å². The second-order valence-corrected chi connectivity index (χ2v) is 4.25. The Bertz CT molecular complexity index is 331. The van der Waals surface area contributed by atoms with E-state index in [1.54, 1.807) is 0 Å². The summed E-state index contributed by atoms with van der Waals surface area (Å²) in [6.07, 6.45) is 3.71. The summed E-state index contributed by atoms with van der Waals surface area (Å²) in [6.45, 7) is 1.98. The molecule has 1 heterocycles. The Balaban J connectivity index is 0.000000249. The molecule has 1 saturated carbocycles. The van der Waals surface area contributed by atoms with Gasteiger partial charge in [0.05, 0.1) is 11.3 Å². The summed E-state index contributed by atoms with van der Waals surface area (Å²) >= 11 is 0. The number of ether oxygens (including phenoxy) is 2. The quantitative estimate of drug-likeness (QED) is 0.400. The van der Waals surface area contributed by atoms with E-state index in [2.05, 4.69) is 9.47 Å². The molecule has 0 aromatic carbocycles. The summed E-state index contributed by atoms with van der Waals surface area (Å²) in [5, 5.41) is 0. The Kier molecular flexibility index (Phi) is 4.37. The number of fused-ring (bicyclic) bond motifs is 1. The fraction of sp³-hybridized carbons (Fsp3) is 0.636. The third kappa shape index (κ3) is 2.69. The average molecular weight is 242 g/mol. The van der Waals surface area contributed by atoms with Crippen molar-refractivity contribution in [3.05, 3.63) is 0 Å². The van der Waals surface area contributed by atoms with Gasteiger partial charge in [0.1, 0.15) is 0 Å². The zero-order chi connectivity index (χ0) is 12.9. The van der Waals surface area contributed by atoms with E-state index in [-0.39, 0.29) is 30.8 Å². The molecule has 2 rings (SSSR count). The van der Waals surface area contributed by atoms with E-state index >= 15 is 0 Å².